The fourth-order valence-electron chi connectivity index (χ4n) is 4.15. The van der Waals surface area contributed by atoms with Crippen molar-refractivity contribution in [3.8, 4) is 22.6 Å². The molecular formula is C33H37N4O5PS. The molecule has 1 unspecified atom stereocenters. The van der Waals surface area contributed by atoms with Crippen molar-refractivity contribution in [3.05, 3.63) is 112 Å². The third-order valence-electron chi connectivity index (χ3n) is 6.82. The Labute approximate surface area is 261 Å². The zero-order valence-corrected chi connectivity index (χ0v) is 27.1. The van der Waals surface area contributed by atoms with E-state index >= 15 is 0 Å². The molecule has 0 aliphatic rings. The smallest absolute Gasteiger partial charge is 0.269 e. The van der Waals surface area contributed by atoms with Crippen molar-refractivity contribution in [2.24, 2.45) is 5.14 Å². The number of nitrogens with one attached hydrogen (secondary N) is 2. The van der Waals surface area contributed by atoms with Crippen LogP contribution in [0.2, 0.25) is 0 Å². The molecule has 0 aliphatic carbocycles. The van der Waals surface area contributed by atoms with Crippen LogP contribution in [-0.2, 0) is 10.0 Å². The first-order valence-electron chi connectivity index (χ1n) is 13.8. The molecule has 0 amide bonds. The lowest BCUT2D eigenvalue weighted by atomic mass is 10.0. The number of primary sulfonamides is 1. The molecule has 44 heavy (non-hydrogen) atoms. The highest BCUT2D eigenvalue weighted by atomic mass is 32.2. The van der Waals surface area contributed by atoms with Gasteiger partial charge >= 0.3 is 0 Å². The molecule has 0 fully saturated rings. The number of nitrogens with two attached hydrogens (primary N) is 1. The lowest BCUT2D eigenvalue weighted by Gasteiger charge is -2.12. The van der Waals surface area contributed by atoms with Gasteiger partial charge in [-0.2, -0.15) is 0 Å². The topological polar surface area (TPSA) is 148 Å². The summed E-state index contributed by atoms with van der Waals surface area (Å²) < 4.78 is 29.2. The summed E-state index contributed by atoms with van der Waals surface area (Å²) in [6.07, 6.45) is 1.01. The number of hydrogen-bond donors (Lipinski definition) is 3. The maximum absolute atomic E-state index is 11.7. The summed E-state index contributed by atoms with van der Waals surface area (Å²) in [5, 5.41) is 27.4. The number of sulfonamides is 1. The van der Waals surface area contributed by atoms with Crippen LogP contribution in [0.1, 0.15) is 39.7 Å². The van der Waals surface area contributed by atoms with E-state index in [0.29, 0.717) is 23.6 Å². The molecular weight excluding hydrogens is 595 g/mol. The van der Waals surface area contributed by atoms with Crippen LogP contribution in [0.5, 0.6) is 11.5 Å². The van der Waals surface area contributed by atoms with Crippen LogP contribution in [0.3, 0.4) is 0 Å². The number of nitro benzene ring substituents is 1. The molecule has 0 aromatic heterocycles. The Bertz CT molecular complexity index is 1790. The van der Waals surface area contributed by atoms with Gasteiger partial charge in [-0.25, -0.2) is 13.6 Å². The number of hydrogen-bond acceptors (Lipinski definition) is 7. The van der Waals surface area contributed by atoms with Crippen LogP contribution in [0.25, 0.3) is 16.7 Å². The third-order valence-corrected chi connectivity index (χ3v) is 8.27. The molecule has 4 N–H and O–H groups in total. The first-order valence-corrected chi connectivity index (χ1v) is 15.9. The van der Waals surface area contributed by atoms with E-state index < -0.39 is 14.9 Å². The number of ether oxygens (including phenoxy) is 1. The van der Waals surface area contributed by atoms with Crippen molar-refractivity contribution in [2.45, 2.75) is 39.0 Å². The van der Waals surface area contributed by atoms with Crippen molar-refractivity contribution in [2.75, 3.05) is 11.9 Å². The minimum Gasteiger partial charge on any atom is -0.457 e. The third kappa shape index (κ3) is 9.57. The number of nitro groups is 1. The lowest BCUT2D eigenvalue weighted by Crippen LogP contribution is -2.15. The van der Waals surface area contributed by atoms with Gasteiger partial charge in [0.05, 0.1) is 16.4 Å². The average molecular weight is 633 g/mol. The number of allylic oxidation sites excluding steroid dienone is 2. The van der Waals surface area contributed by atoms with Crippen molar-refractivity contribution >= 4 is 47.2 Å². The van der Waals surface area contributed by atoms with Gasteiger partial charge in [0.15, 0.2) is 0 Å². The number of nitrogens with zero attached hydrogens (tertiary/aromatic N) is 1. The molecule has 0 heterocycles. The second kappa shape index (κ2) is 15.4. The fraction of sp³-hybridized carbons (Fsp3) is 0.182. The summed E-state index contributed by atoms with van der Waals surface area (Å²) in [6.45, 7) is 8.56. The Morgan fingerprint density at radius 2 is 1.64 bits per heavy atom. The number of rotatable bonds is 10. The van der Waals surface area contributed by atoms with Gasteiger partial charge in [-0.1, -0.05) is 48.9 Å². The monoisotopic (exact) mass is 632 g/mol. The highest BCUT2D eigenvalue weighted by Crippen LogP contribution is 2.29. The maximum atomic E-state index is 11.7. The summed E-state index contributed by atoms with van der Waals surface area (Å²) in [5.41, 5.74) is 6.53. The van der Waals surface area contributed by atoms with Gasteiger partial charge in [0.25, 0.3) is 5.69 Å². The van der Waals surface area contributed by atoms with Crippen molar-refractivity contribution in [1.29, 1.82) is 5.41 Å². The standard InChI is InChI=1S/C18H19NO3.C15H18N3O2PS/c1-4-13(2)14(3)15-6-5-7-18(12-15)22-17-10-8-16(9-11-17)19(20)21;1-10(16)9-18-13-7-6-11(8-14(13)21)12-4-2-3-5-15(12)22(17,19)20/h5-12H,4H2,1-3H3;2-8,16,18H,9,21H2,1H3,(H2,17,19,20)/b14-13-;. The number of non-ortho nitro benzene ring substituents is 1. The number of anilines is 1. The van der Waals surface area contributed by atoms with E-state index in [1.165, 1.54) is 29.3 Å². The molecule has 11 heteroatoms. The van der Waals surface area contributed by atoms with E-state index in [0.717, 1.165) is 34.3 Å². The largest absolute Gasteiger partial charge is 0.457 e. The second-order valence-electron chi connectivity index (χ2n) is 10.1. The summed E-state index contributed by atoms with van der Waals surface area (Å²) in [7, 11) is -1.17. The number of benzene rings is 4. The van der Waals surface area contributed by atoms with E-state index in [4.69, 9.17) is 15.3 Å². The minimum absolute atomic E-state index is 0.0541. The summed E-state index contributed by atoms with van der Waals surface area (Å²) in [6, 6.07) is 26.1. The normalized spacial score (nSPS) is 11.5. The molecule has 0 saturated carbocycles. The predicted molar refractivity (Wildman–Crippen MR) is 183 cm³/mol. The molecule has 0 radical (unpaired) electrons. The van der Waals surface area contributed by atoms with Crippen molar-refractivity contribution in [3.63, 3.8) is 0 Å². The summed E-state index contributed by atoms with van der Waals surface area (Å²) in [4.78, 5) is 10.3. The zero-order chi connectivity index (χ0) is 32.4. The van der Waals surface area contributed by atoms with Crippen LogP contribution in [-0.4, -0.2) is 25.6 Å². The maximum Gasteiger partial charge on any atom is 0.269 e. The van der Waals surface area contributed by atoms with E-state index in [2.05, 4.69) is 41.4 Å². The summed E-state index contributed by atoms with van der Waals surface area (Å²) >= 11 is 0. The molecule has 4 aromatic carbocycles. The van der Waals surface area contributed by atoms with Crippen LogP contribution in [0.4, 0.5) is 11.4 Å². The van der Waals surface area contributed by atoms with Crippen LogP contribution in [0.15, 0.2) is 101 Å². The second-order valence-corrected chi connectivity index (χ2v) is 12.3. The first-order chi connectivity index (χ1) is 20.8. The van der Waals surface area contributed by atoms with Crippen LogP contribution in [0, 0.1) is 15.5 Å². The van der Waals surface area contributed by atoms with Gasteiger partial charge in [-0.05, 0) is 91.7 Å². The van der Waals surface area contributed by atoms with Crippen molar-refractivity contribution in [1.82, 2.24) is 0 Å². The van der Waals surface area contributed by atoms with Crippen molar-refractivity contribution < 1.29 is 18.1 Å². The molecule has 9 nitrogen and oxygen atoms in total. The molecule has 1 atom stereocenters. The van der Waals surface area contributed by atoms with E-state index in [-0.39, 0.29) is 10.6 Å². The van der Waals surface area contributed by atoms with Gasteiger partial charge in [-0.3, -0.25) is 10.1 Å². The van der Waals surface area contributed by atoms with Gasteiger partial charge in [0, 0.05) is 29.1 Å². The molecule has 0 saturated heterocycles. The highest BCUT2D eigenvalue weighted by molar-refractivity contribution is 7.89. The quantitative estimate of drug-likeness (QED) is 0.0712. The van der Waals surface area contributed by atoms with E-state index in [9.17, 15) is 18.5 Å². The SMILES string of the molecule is CC(=N)CNc1ccc(-c2ccccc2S(N)(=O)=O)cc1P.CC/C(C)=C(/C)c1cccc(Oc2ccc([N+](=O)[O-])cc2)c1. The molecule has 230 valence electrons. The Kier molecular flexibility index (Phi) is 11.9. The van der Waals surface area contributed by atoms with E-state index in [1.54, 1.807) is 37.3 Å². The molecule has 4 aromatic rings. The Balaban J connectivity index is 0.000000240. The van der Waals surface area contributed by atoms with E-state index in [1.807, 2.05) is 36.4 Å². The first kappa shape index (κ1) is 34.1. The van der Waals surface area contributed by atoms with Gasteiger partial charge < -0.3 is 15.5 Å². The average Bonchev–Trinajstić information content (AvgIpc) is 3.00. The molecule has 0 spiro atoms. The Morgan fingerprint density at radius 1 is 0.955 bits per heavy atom. The molecule has 0 bridgehead atoms. The molecule has 0 aliphatic heterocycles. The lowest BCUT2D eigenvalue weighted by molar-refractivity contribution is -0.384. The highest BCUT2D eigenvalue weighted by Gasteiger charge is 2.15. The Hall–Kier alpha value is -4.37. The minimum atomic E-state index is -3.78. The zero-order valence-electron chi connectivity index (χ0n) is 25.1. The van der Waals surface area contributed by atoms with Gasteiger partial charge in [0.2, 0.25) is 10.0 Å². The Morgan fingerprint density at radius 3 is 2.23 bits per heavy atom. The van der Waals surface area contributed by atoms with Gasteiger partial charge in [-0.15, -0.1) is 9.24 Å². The van der Waals surface area contributed by atoms with Crippen LogP contribution < -0.4 is 20.5 Å². The molecule has 4 rings (SSSR count). The predicted octanol–water partition coefficient (Wildman–Crippen LogP) is 7.54. The fourth-order valence-corrected chi connectivity index (χ4v) is 5.29. The summed E-state index contributed by atoms with van der Waals surface area (Å²) in [5.74, 6) is 1.30. The van der Waals surface area contributed by atoms with Crippen LogP contribution >= 0.6 is 9.24 Å². The van der Waals surface area contributed by atoms with Gasteiger partial charge in [0.1, 0.15) is 11.5 Å².